The third-order valence-corrected chi connectivity index (χ3v) is 5.93. The normalized spacial score (nSPS) is 32.9. The predicted octanol–water partition coefficient (Wildman–Crippen LogP) is 1.28. The van der Waals surface area contributed by atoms with Gasteiger partial charge >= 0.3 is 0 Å². The topological polar surface area (TPSA) is 52.7 Å². The molecule has 0 aliphatic heterocycles. The van der Waals surface area contributed by atoms with Crippen LogP contribution in [-0.4, -0.2) is 66.8 Å². The largest absolute Gasteiger partial charge is 0.388 e. The second-order valence-electron chi connectivity index (χ2n) is 7.40. The maximum atomic E-state index is 10.5. The third kappa shape index (κ3) is 3.19. The van der Waals surface area contributed by atoms with Crippen LogP contribution in [0.4, 0.5) is 0 Å². The Labute approximate surface area is 124 Å². The van der Waals surface area contributed by atoms with Gasteiger partial charge in [0, 0.05) is 18.6 Å². The van der Waals surface area contributed by atoms with Gasteiger partial charge in [0.1, 0.15) is 0 Å². The first-order valence-corrected chi connectivity index (χ1v) is 8.20. The van der Waals surface area contributed by atoms with Gasteiger partial charge in [-0.15, -0.1) is 0 Å². The molecule has 0 aromatic rings. The molecule has 0 aromatic carbocycles. The quantitative estimate of drug-likeness (QED) is 0.739. The molecule has 0 heterocycles. The lowest BCUT2D eigenvalue weighted by Gasteiger charge is -2.49. The minimum Gasteiger partial charge on any atom is -0.388 e. The van der Waals surface area contributed by atoms with E-state index in [0.717, 1.165) is 38.8 Å². The summed E-state index contributed by atoms with van der Waals surface area (Å²) in [5.41, 5.74) is 5.58. The van der Waals surface area contributed by atoms with Gasteiger partial charge < -0.3 is 20.6 Å². The Bertz CT molecular complexity index is 317. The van der Waals surface area contributed by atoms with Crippen LogP contribution in [-0.2, 0) is 0 Å². The first kappa shape index (κ1) is 16.2. The van der Waals surface area contributed by atoms with Crippen LogP contribution >= 0.6 is 0 Å². The molecule has 0 spiro atoms. The van der Waals surface area contributed by atoms with Crippen molar-refractivity contribution in [3.05, 3.63) is 0 Å². The van der Waals surface area contributed by atoms with Crippen molar-refractivity contribution in [2.24, 2.45) is 11.7 Å². The van der Waals surface area contributed by atoms with Gasteiger partial charge in [0.15, 0.2) is 0 Å². The average Bonchev–Trinajstić information content (AvgIpc) is 2.73. The van der Waals surface area contributed by atoms with Crippen LogP contribution < -0.4 is 5.73 Å². The van der Waals surface area contributed by atoms with Crippen molar-refractivity contribution in [2.75, 3.05) is 40.8 Å². The highest BCUT2D eigenvalue weighted by molar-refractivity contribution is 4.98. The Balaban J connectivity index is 1.79. The number of likely N-dealkylation sites (N-methyl/N-ethyl adjacent to an activating group) is 2. The molecule has 2 saturated carbocycles. The van der Waals surface area contributed by atoms with Gasteiger partial charge in [-0.3, -0.25) is 0 Å². The summed E-state index contributed by atoms with van der Waals surface area (Å²) in [6, 6.07) is 0. The molecule has 0 bridgehead atoms. The van der Waals surface area contributed by atoms with Gasteiger partial charge in [0.25, 0.3) is 0 Å². The van der Waals surface area contributed by atoms with E-state index in [2.05, 4.69) is 30.9 Å². The number of nitrogens with two attached hydrogens (primary N) is 1. The lowest BCUT2D eigenvalue weighted by molar-refractivity contribution is -0.00201. The summed E-state index contributed by atoms with van der Waals surface area (Å²) < 4.78 is 0. The van der Waals surface area contributed by atoms with E-state index in [-0.39, 0.29) is 0 Å². The van der Waals surface area contributed by atoms with Crippen LogP contribution in [0.25, 0.3) is 0 Å². The lowest BCUT2D eigenvalue weighted by atomic mass is 9.75. The molecule has 2 fully saturated rings. The SMILES string of the molecule is CN(CCC1CCCC1(O)CN)CC1(N(C)C)CCC1. The number of nitrogens with zero attached hydrogens (tertiary/aromatic N) is 2. The second-order valence-corrected chi connectivity index (χ2v) is 7.40. The number of hydrogen-bond acceptors (Lipinski definition) is 4. The van der Waals surface area contributed by atoms with Gasteiger partial charge in [-0.25, -0.2) is 0 Å². The fourth-order valence-electron chi connectivity index (χ4n) is 4.10. The molecule has 0 aromatic heterocycles. The summed E-state index contributed by atoms with van der Waals surface area (Å²) in [5.74, 6) is 0.395. The molecule has 2 aliphatic rings. The molecule has 0 saturated heterocycles. The van der Waals surface area contributed by atoms with Crippen molar-refractivity contribution in [3.8, 4) is 0 Å². The molecule has 2 aliphatic carbocycles. The van der Waals surface area contributed by atoms with Crippen LogP contribution in [0.1, 0.15) is 44.9 Å². The Morgan fingerprint density at radius 2 is 1.85 bits per heavy atom. The molecular weight excluding hydrogens is 250 g/mol. The molecule has 3 N–H and O–H groups in total. The second kappa shape index (κ2) is 6.30. The average molecular weight is 283 g/mol. The highest BCUT2D eigenvalue weighted by Crippen LogP contribution is 2.38. The summed E-state index contributed by atoms with van der Waals surface area (Å²) >= 11 is 0. The van der Waals surface area contributed by atoms with E-state index >= 15 is 0 Å². The van der Waals surface area contributed by atoms with E-state index < -0.39 is 5.60 Å². The number of hydrogen-bond donors (Lipinski definition) is 2. The van der Waals surface area contributed by atoms with Crippen molar-refractivity contribution in [1.29, 1.82) is 0 Å². The Hall–Kier alpha value is -0.160. The summed E-state index contributed by atoms with van der Waals surface area (Å²) in [5, 5.41) is 10.5. The standard InChI is InChI=1S/C16H33N3O/c1-18(2)15(8-5-9-15)13-19(3)11-7-14-6-4-10-16(14,20)12-17/h14,20H,4-13,17H2,1-3H3. The molecule has 0 amide bonds. The predicted molar refractivity (Wildman–Crippen MR) is 83.7 cm³/mol. The monoisotopic (exact) mass is 283 g/mol. The minimum atomic E-state index is -0.587. The minimum absolute atomic E-state index is 0.395. The van der Waals surface area contributed by atoms with Gasteiger partial charge in [-0.05, 0) is 72.1 Å². The highest BCUT2D eigenvalue weighted by atomic mass is 16.3. The smallest absolute Gasteiger partial charge is 0.0797 e. The zero-order valence-corrected chi connectivity index (χ0v) is 13.6. The van der Waals surface area contributed by atoms with E-state index in [1.165, 1.54) is 19.3 Å². The van der Waals surface area contributed by atoms with E-state index in [9.17, 15) is 5.11 Å². The van der Waals surface area contributed by atoms with Crippen LogP contribution in [0.3, 0.4) is 0 Å². The fraction of sp³-hybridized carbons (Fsp3) is 1.00. The van der Waals surface area contributed by atoms with Gasteiger partial charge in [-0.1, -0.05) is 6.42 Å². The summed E-state index contributed by atoms with van der Waals surface area (Å²) in [6.07, 6.45) is 8.24. The Kier molecular flexibility index (Phi) is 5.11. The first-order valence-electron chi connectivity index (χ1n) is 8.20. The van der Waals surface area contributed by atoms with Crippen molar-refractivity contribution in [2.45, 2.75) is 56.1 Å². The summed E-state index contributed by atoms with van der Waals surface area (Å²) in [7, 11) is 6.63. The lowest BCUT2D eigenvalue weighted by Crippen LogP contribution is -2.56. The fourth-order valence-corrected chi connectivity index (χ4v) is 4.10. The molecule has 2 unspecified atom stereocenters. The van der Waals surface area contributed by atoms with E-state index in [1.54, 1.807) is 0 Å². The van der Waals surface area contributed by atoms with Crippen LogP contribution in [0.2, 0.25) is 0 Å². The van der Waals surface area contributed by atoms with Crippen LogP contribution in [0.15, 0.2) is 0 Å². The molecule has 118 valence electrons. The van der Waals surface area contributed by atoms with Crippen molar-refractivity contribution in [1.82, 2.24) is 9.80 Å². The van der Waals surface area contributed by atoms with Gasteiger partial charge in [0.2, 0.25) is 0 Å². The van der Waals surface area contributed by atoms with Crippen LogP contribution in [0.5, 0.6) is 0 Å². The van der Waals surface area contributed by atoms with Gasteiger partial charge in [-0.2, -0.15) is 0 Å². The van der Waals surface area contributed by atoms with Crippen molar-refractivity contribution < 1.29 is 5.11 Å². The number of rotatable bonds is 7. The van der Waals surface area contributed by atoms with Crippen molar-refractivity contribution >= 4 is 0 Å². The van der Waals surface area contributed by atoms with E-state index in [0.29, 0.717) is 18.0 Å². The number of aliphatic hydroxyl groups is 1. The van der Waals surface area contributed by atoms with Crippen LogP contribution in [0, 0.1) is 5.92 Å². The van der Waals surface area contributed by atoms with E-state index in [4.69, 9.17) is 5.73 Å². The zero-order chi connectivity index (χ0) is 14.8. The molecule has 2 rings (SSSR count). The molecule has 20 heavy (non-hydrogen) atoms. The van der Waals surface area contributed by atoms with Gasteiger partial charge in [0.05, 0.1) is 5.60 Å². The zero-order valence-electron chi connectivity index (χ0n) is 13.6. The Morgan fingerprint density at radius 3 is 2.35 bits per heavy atom. The summed E-state index contributed by atoms with van der Waals surface area (Å²) in [6.45, 7) is 2.64. The molecule has 4 heteroatoms. The molecule has 4 nitrogen and oxygen atoms in total. The Morgan fingerprint density at radius 1 is 1.15 bits per heavy atom. The first-order chi connectivity index (χ1) is 9.42. The molecule has 2 atom stereocenters. The molecule has 0 radical (unpaired) electrons. The maximum absolute atomic E-state index is 10.5. The maximum Gasteiger partial charge on any atom is 0.0797 e. The summed E-state index contributed by atoms with van der Waals surface area (Å²) in [4.78, 5) is 4.85. The van der Waals surface area contributed by atoms with E-state index in [1.807, 2.05) is 0 Å². The third-order valence-electron chi connectivity index (χ3n) is 5.93. The molecular formula is C16H33N3O. The highest BCUT2D eigenvalue weighted by Gasteiger charge is 2.41. The van der Waals surface area contributed by atoms with Crippen molar-refractivity contribution in [3.63, 3.8) is 0 Å².